The third kappa shape index (κ3) is 4.01. The van der Waals surface area contributed by atoms with Crippen LogP contribution in [0.25, 0.3) is 33.4 Å². The highest BCUT2D eigenvalue weighted by molar-refractivity contribution is 5.98. The number of hydrogen-bond acceptors (Lipinski definition) is 4. The zero-order valence-corrected chi connectivity index (χ0v) is 19.5. The first kappa shape index (κ1) is 22.0. The molecule has 7 nitrogen and oxygen atoms in total. The summed E-state index contributed by atoms with van der Waals surface area (Å²) >= 11 is 0. The van der Waals surface area contributed by atoms with Crippen molar-refractivity contribution in [1.29, 1.82) is 0 Å². The number of H-pyrrole nitrogens is 1. The molecule has 0 spiro atoms. The fraction of sp³-hybridized carbons (Fsp3) is 0.269. The van der Waals surface area contributed by atoms with Gasteiger partial charge in [-0.25, -0.2) is 9.37 Å². The van der Waals surface area contributed by atoms with E-state index in [4.69, 9.17) is 5.10 Å². The van der Waals surface area contributed by atoms with Gasteiger partial charge in [0, 0.05) is 48.1 Å². The zero-order valence-electron chi connectivity index (χ0n) is 19.5. The van der Waals surface area contributed by atoms with E-state index in [2.05, 4.69) is 9.97 Å². The molecule has 8 heteroatoms. The summed E-state index contributed by atoms with van der Waals surface area (Å²) in [6.45, 7) is 4.05. The number of aryl methyl sites for hydroxylation is 1. The third-order valence-corrected chi connectivity index (χ3v) is 6.13. The van der Waals surface area contributed by atoms with E-state index in [0.29, 0.717) is 37.4 Å². The lowest BCUT2D eigenvalue weighted by molar-refractivity contribution is -0.127. The maximum absolute atomic E-state index is 15.1. The number of likely N-dealkylation sites (N-methyl/N-ethyl adjacent to an activating group) is 1. The Kier molecular flexibility index (Phi) is 5.75. The van der Waals surface area contributed by atoms with Crippen LogP contribution in [0.2, 0.25) is 0 Å². The standard InChI is InChI=1S/C26H27FN6O/c1-17-6-7-20(21(27)15-17)25-24(18-8-10-28-26-19(18)9-11-29-26)22-16-32(13-14-33(22)30-25)23(34)5-4-12-31(2)3/h4-11,15H,12-14,16H2,1-3H3,(H,28,29)/b5-4+. The van der Waals surface area contributed by atoms with E-state index >= 15 is 4.39 Å². The third-order valence-electron chi connectivity index (χ3n) is 6.13. The van der Waals surface area contributed by atoms with Gasteiger partial charge in [0.25, 0.3) is 0 Å². The Bertz CT molecular complexity index is 1400. The van der Waals surface area contributed by atoms with Crippen molar-refractivity contribution in [2.75, 3.05) is 27.2 Å². The van der Waals surface area contributed by atoms with Crippen LogP contribution >= 0.6 is 0 Å². The predicted molar refractivity (Wildman–Crippen MR) is 131 cm³/mol. The smallest absolute Gasteiger partial charge is 0.246 e. The quantitative estimate of drug-likeness (QED) is 0.459. The van der Waals surface area contributed by atoms with Gasteiger partial charge in [-0.2, -0.15) is 5.10 Å². The summed E-state index contributed by atoms with van der Waals surface area (Å²) in [5.41, 5.74) is 5.28. The van der Waals surface area contributed by atoms with Crippen molar-refractivity contribution in [3.63, 3.8) is 0 Å². The number of nitrogens with one attached hydrogen (secondary N) is 1. The number of nitrogens with zero attached hydrogens (tertiary/aromatic N) is 5. The lowest BCUT2D eigenvalue weighted by atomic mass is 9.96. The number of fused-ring (bicyclic) bond motifs is 2. The fourth-order valence-electron chi connectivity index (χ4n) is 4.44. The molecule has 0 aliphatic carbocycles. The maximum atomic E-state index is 15.1. The zero-order chi connectivity index (χ0) is 23.8. The molecule has 0 saturated carbocycles. The number of rotatable bonds is 5. The van der Waals surface area contributed by atoms with E-state index in [1.54, 1.807) is 18.3 Å². The van der Waals surface area contributed by atoms with Gasteiger partial charge in [0.05, 0.1) is 18.8 Å². The first-order valence-corrected chi connectivity index (χ1v) is 11.3. The molecule has 1 aliphatic rings. The van der Waals surface area contributed by atoms with Gasteiger partial charge in [-0.05, 0) is 56.4 Å². The van der Waals surface area contributed by atoms with Crippen molar-refractivity contribution in [2.45, 2.75) is 20.0 Å². The van der Waals surface area contributed by atoms with Crippen LogP contribution in [0.4, 0.5) is 4.39 Å². The summed E-state index contributed by atoms with van der Waals surface area (Å²) in [6.07, 6.45) is 7.08. The van der Waals surface area contributed by atoms with Crippen molar-refractivity contribution < 1.29 is 9.18 Å². The maximum Gasteiger partial charge on any atom is 0.246 e. The van der Waals surface area contributed by atoms with E-state index in [-0.39, 0.29) is 11.7 Å². The normalized spacial score (nSPS) is 13.9. The van der Waals surface area contributed by atoms with Gasteiger partial charge >= 0.3 is 0 Å². The van der Waals surface area contributed by atoms with Crippen molar-refractivity contribution >= 4 is 16.9 Å². The van der Waals surface area contributed by atoms with Crippen LogP contribution in [-0.2, 0) is 17.9 Å². The summed E-state index contributed by atoms with van der Waals surface area (Å²) in [5.74, 6) is -0.347. The Morgan fingerprint density at radius 3 is 2.85 bits per heavy atom. The van der Waals surface area contributed by atoms with Crippen molar-refractivity contribution in [1.82, 2.24) is 29.5 Å². The Balaban J connectivity index is 1.63. The van der Waals surface area contributed by atoms with E-state index in [9.17, 15) is 4.79 Å². The van der Waals surface area contributed by atoms with Crippen molar-refractivity contribution in [2.24, 2.45) is 0 Å². The Labute approximate surface area is 197 Å². The summed E-state index contributed by atoms with van der Waals surface area (Å²) in [5, 5.41) is 5.77. The number of hydrogen-bond donors (Lipinski definition) is 1. The Morgan fingerprint density at radius 1 is 1.21 bits per heavy atom. The topological polar surface area (TPSA) is 70.0 Å². The lowest BCUT2D eigenvalue weighted by Crippen LogP contribution is -2.37. The molecule has 1 amide bonds. The molecule has 4 heterocycles. The highest BCUT2D eigenvalue weighted by atomic mass is 19.1. The first-order chi connectivity index (χ1) is 16.4. The predicted octanol–water partition coefficient (Wildman–Crippen LogP) is 4.00. The molecule has 4 aromatic rings. The van der Waals surface area contributed by atoms with E-state index in [1.165, 1.54) is 6.07 Å². The van der Waals surface area contributed by atoms with E-state index in [0.717, 1.165) is 33.4 Å². The number of carbonyl (C=O) groups excluding carboxylic acids is 1. The number of pyridine rings is 1. The van der Waals surface area contributed by atoms with Crippen LogP contribution in [0.5, 0.6) is 0 Å². The Hall–Kier alpha value is -3.78. The molecule has 174 valence electrons. The van der Waals surface area contributed by atoms with E-state index in [1.807, 2.05) is 66.0 Å². The molecular weight excluding hydrogens is 431 g/mol. The monoisotopic (exact) mass is 458 g/mol. The summed E-state index contributed by atoms with van der Waals surface area (Å²) in [6, 6.07) is 9.10. The van der Waals surface area contributed by atoms with Crippen molar-refractivity contribution in [3.05, 3.63) is 72.0 Å². The molecule has 0 atom stereocenters. The molecule has 3 aromatic heterocycles. The van der Waals surface area contributed by atoms with Gasteiger partial charge in [0.15, 0.2) is 0 Å². The average molecular weight is 459 g/mol. The summed E-state index contributed by atoms with van der Waals surface area (Å²) in [7, 11) is 3.92. The highest BCUT2D eigenvalue weighted by Crippen LogP contribution is 2.40. The molecular formula is C26H27FN6O. The lowest BCUT2D eigenvalue weighted by Gasteiger charge is -2.27. The number of aromatic amines is 1. The second-order valence-electron chi connectivity index (χ2n) is 8.90. The van der Waals surface area contributed by atoms with Crippen LogP contribution < -0.4 is 0 Å². The molecule has 0 saturated heterocycles. The number of benzene rings is 1. The van der Waals surface area contributed by atoms with Crippen LogP contribution in [0.15, 0.2) is 54.9 Å². The van der Waals surface area contributed by atoms with Gasteiger partial charge in [0.2, 0.25) is 5.91 Å². The van der Waals surface area contributed by atoms with Crippen molar-refractivity contribution in [3.8, 4) is 22.4 Å². The molecule has 5 rings (SSSR count). The minimum Gasteiger partial charge on any atom is -0.346 e. The summed E-state index contributed by atoms with van der Waals surface area (Å²) in [4.78, 5) is 24.3. The first-order valence-electron chi connectivity index (χ1n) is 11.3. The molecule has 34 heavy (non-hydrogen) atoms. The second kappa shape index (κ2) is 8.87. The van der Waals surface area contributed by atoms with Gasteiger partial charge < -0.3 is 14.8 Å². The number of carbonyl (C=O) groups is 1. The van der Waals surface area contributed by atoms with Crippen LogP contribution in [0.1, 0.15) is 11.3 Å². The molecule has 0 unspecified atom stereocenters. The van der Waals surface area contributed by atoms with Crippen LogP contribution in [0.3, 0.4) is 0 Å². The summed E-state index contributed by atoms with van der Waals surface area (Å²) < 4.78 is 17.0. The molecule has 1 N–H and O–H groups in total. The van der Waals surface area contributed by atoms with Crippen LogP contribution in [0, 0.1) is 12.7 Å². The Morgan fingerprint density at radius 2 is 2.06 bits per heavy atom. The number of halogens is 1. The fourth-order valence-corrected chi connectivity index (χ4v) is 4.44. The second-order valence-corrected chi connectivity index (χ2v) is 8.90. The van der Waals surface area contributed by atoms with Gasteiger partial charge in [-0.1, -0.05) is 12.1 Å². The SMILES string of the molecule is Cc1ccc(-c2nn3c(c2-c2ccnc4[nH]ccc24)CN(C(=O)/C=C/CN(C)C)CC3)c(F)c1. The molecule has 1 aliphatic heterocycles. The van der Waals surface area contributed by atoms with Crippen LogP contribution in [-0.4, -0.2) is 62.6 Å². The minimum atomic E-state index is -0.310. The molecule has 0 fully saturated rings. The average Bonchev–Trinajstić information content (AvgIpc) is 3.43. The van der Waals surface area contributed by atoms with E-state index < -0.39 is 0 Å². The molecule has 0 radical (unpaired) electrons. The van der Waals surface area contributed by atoms with Gasteiger partial charge in [-0.3, -0.25) is 9.48 Å². The highest BCUT2D eigenvalue weighted by Gasteiger charge is 2.29. The largest absolute Gasteiger partial charge is 0.346 e. The molecule has 0 bridgehead atoms. The van der Waals surface area contributed by atoms with Gasteiger partial charge in [-0.15, -0.1) is 0 Å². The molecule has 1 aromatic carbocycles. The number of aromatic nitrogens is 4. The minimum absolute atomic E-state index is 0.0372. The number of amides is 1. The van der Waals surface area contributed by atoms with Gasteiger partial charge in [0.1, 0.15) is 17.2 Å².